The third kappa shape index (κ3) is 6.60. The van der Waals surface area contributed by atoms with E-state index in [4.69, 9.17) is 23.2 Å². The summed E-state index contributed by atoms with van der Waals surface area (Å²) in [6.07, 6.45) is 9.02. The quantitative estimate of drug-likeness (QED) is 0.235. The first-order chi connectivity index (χ1) is 21.3. The molecule has 2 aliphatic heterocycles. The minimum absolute atomic E-state index is 0.339. The average Bonchev–Trinajstić information content (AvgIpc) is 3.66. The molecule has 232 valence electrons. The number of hydrogen-bond donors (Lipinski definition) is 0. The van der Waals surface area contributed by atoms with Crippen LogP contribution in [0.25, 0.3) is 0 Å². The van der Waals surface area contributed by atoms with Gasteiger partial charge >= 0.3 is 0 Å². The van der Waals surface area contributed by atoms with Gasteiger partial charge in [-0.3, -0.25) is 4.90 Å². The van der Waals surface area contributed by atoms with Gasteiger partial charge in [0.15, 0.2) is 0 Å². The zero-order valence-corrected chi connectivity index (χ0v) is 27.9. The SMILES string of the molecule is C=C1N(c2ccc(N3CCN(c4ccc(CC[C@@H]5CCC(c6ccc(Cl)cc6Cl)C5)cc4C)CC3)cc2)C=NN1C(C)CC. The smallest absolute Gasteiger partial charge is 0.128 e. The molecule has 2 unspecified atom stereocenters. The normalized spacial score (nSPS) is 21.1. The van der Waals surface area contributed by atoms with Gasteiger partial charge in [-0.05, 0) is 123 Å². The molecular weight excluding hydrogens is 585 g/mol. The Hall–Kier alpha value is -3.15. The lowest BCUT2D eigenvalue weighted by atomic mass is 9.93. The van der Waals surface area contributed by atoms with Crippen LogP contribution in [0.15, 0.2) is 78.2 Å². The van der Waals surface area contributed by atoms with Gasteiger partial charge in [-0.2, -0.15) is 5.10 Å². The van der Waals surface area contributed by atoms with E-state index in [0.717, 1.165) is 61.5 Å². The minimum Gasteiger partial charge on any atom is -0.368 e. The largest absolute Gasteiger partial charge is 0.368 e. The zero-order chi connectivity index (χ0) is 30.8. The zero-order valence-electron chi connectivity index (χ0n) is 26.4. The van der Waals surface area contributed by atoms with E-state index in [1.165, 1.54) is 53.7 Å². The maximum Gasteiger partial charge on any atom is 0.128 e. The molecule has 44 heavy (non-hydrogen) atoms. The van der Waals surface area contributed by atoms with Crippen LogP contribution in [0.4, 0.5) is 17.1 Å². The number of nitrogens with zero attached hydrogens (tertiary/aromatic N) is 5. The molecule has 0 N–H and O–H groups in total. The fourth-order valence-electron chi connectivity index (χ4n) is 7.19. The monoisotopic (exact) mass is 629 g/mol. The van der Waals surface area contributed by atoms with Gasteiger partial charge in [0, 0.05) is 53.3 Å². The van der Waals surface area contributed by atoms with Crippen molar-refractivity contribution in [3.05, 3.63) is 99.8 Å². The van der Waals surface area contributed by atoms with Crippen molar-refractivity contribution < 1.29 is 0 Å². The van der Waals surface area contributed by atoms with Crippen LogP contribution in [0.5, 0.6) is 0 Å². The van der Waals surface area contributed by atoms with Crippen molar-refractivity contribution in [2.75, 3.05) is 40.9 Å². The molecule has 0 aromatic heterocycles. The summed E-state index contributed by atoms with van der Waals surface area (Å²) >= 11 is 12.6. The standard InChI is InChI=1S/C37H45Cl2N5/c1-5-27(3)44-28(4)43(25-40-44)34-14-12-33(13-15-34)41-18-20-42(21-19-41)37-17-9-29(22-26(37)2)6-7-30-8-10-31(23-30)35-16-11-32(38)24-36(35)39/h9,11-17,22,24-25,27,30-31H,4-8,10,18-21,23H2,1-3H3/t27?,30-,31?/m1/s1. The number of piperazine rings is 1. The van der Waals surface area contributed by atoms with E-state index in [9.17, 15) is 0 Å². The molecule has 2 fully saturated rings. The molecule has 6 rings (SSSR count). The molecule has 1 aliphatic carbocycles. The Morgan fingerprint density at radius 1 is 0.909 bits per heavy atom. The van der Waals surface area contributed by atoms with E-state index in [1.54, 1.807) is 0 Å². The second kappa shape index (κ2) is 13.5. The summed E-state index contributed by atoms with van der Waals surface area (Å²) in [5.41, 5.74) is 7.86. The van der Waals surface area contributed by atoms with Crippen molar-refractivity contribution in [2.45, 2.75) is 71.3 Å². The fraction of sp³-hybridized carbons (Fsp3) is 0.432. The molecule has 3 aliphatic rings. The third-order valence-electron chi connectivity index (χ3n) is 10.0. The van der Waals surface area contributed by atoms with Gasteiger partial charge in [0.2, 0.25) is 0 Å². The molecule has 5 nitrogen and oxygen atoms in total. The number of aryl methyl sites for hydroxylation is 2. The van der Waals surface area contributed by atoms with Crippen molar-refractivity contribution in [1.82, 2.24) is 5.01 Å². The number of halogens is 2. The van der Waals surface area contributed by atoms with E-state index < -0.39 is 0 Å². The van der Waals surface area contributed by atoms with Crippen molar-refractivity contribution in [3.63, 3.8) is 0 Å². The van der Waals surface area contributed by atoms with Crippen LogP contribution in [0.3, 0.4) is 0 Å². The van der Waals surface area contributed by atoms with Crippen LogP contribution in [0, 0.1) is 12.8 Å². The highest BCUT2D eigenvalue weighted by Gasteiger charge is 2.28. The minimum atomic E-state index is 0.339. The van der Waals surface area contributed by atoms with Crippen LogP contribution < -0.4 is 14.7 Å². The third-order valence-corrected chi connectivity index (χ3v) is 10.6. The molecule has 3 atom stereocenters. The highest BCUT2D eigenvalue weighted by molar-refractivity contribution is 6.35. The van der Waals surface area contributed by atoms with Crippen LogP contribution in [0.1, 0.15) is 68.6 Å². The topological polar surface area (TPSA) is 25.3 Å². The van der Waals surface area contributed by atoms with Gasteiger partial charge in [0.05, 0.1) is 6.04 Å². The number of rotatable bonds is 9. The lowest BCUT2D eigenvalue weighted by Crippen LogP contribution is -2.46. The molecule has 0 spiro atoms. The van der Waals surface area contributed by atoms with Crippen molar-refractivity contribution in [3.8, 4) is 0 Å². The first kappa shape index (κ1) is 30.9. The lowest BCUT2D eigenvalue weighted by molar-refractivity contribution is 0.286. The number of anilines is 3. The molecule has 1 saturated carbocycles. The maximum atomic E-state index is 6.51. The Labute approximate surface area is 273 Å². The first-order valence-electron chi connectivity index (χ1n) is 16.3. The molecule has 2 heterocycles. The fourth-order valence-corrected chi connectivity index (χ4v) is 7.75. The summed E-state index contributed by atoms with van der Waals surface area (Å²) < 4.78 is 0. The Morgan fingerprint density at radius 2 is 1.64 bits per heavy atom. The predicted molar refractivity (Wildman–Crippen MR) is 189 cm³/mol. The Balaban J connectivity index is 0.988. The number of hydrogen-bond acceptors (Lipinski definition) is 5. The summed E-state index contributed by atoms with van der Waals surface area (Å²) in [6.45, 7) is 15.0. The van der Waals surface area contributed by atoms with E-state index in [-0.39, 0.29) is 0 Å². The summed E-state index contributed by atoms with van der Waals surface area (Å²) in [7, 11) is 0. The highest BCUT2D eigenvalue weighted by Crippen LogP contribution is 2.43. The van der Waals surface area contributed by atoms with Gasteiger partial charge in [0.25, 0.3) is 0 Å². The summed E-state index contributed by atoms with van der Waals surface area (Å²) in [5.74, 6) is 2.23. The molecule has 0 radical (unpaired) electrons. The van der Waals surface area contributed by atoms with Crippen LogP contribution in [0.2, 0.25) is 10.0 Å². The molecule has 0 bridgehead atoms. The van der Waals surface area contributed by atoms with Crippen LogP contribution in [-0.4, -0.2) is 43.6 Å². The maximum absolute atomic E-state index is 6.51. The van der Waals surface area contributed by atoms with E-state index >= 15 is 0 Å². The molecular formula is C37H45Cl2N5. The van der Waals surface area contributed by atoms with Gasteiger partial charge in [-0.1, -0.05) is 54.9 Å². The van der Waals surface area contributed by atoms with Crippen molar-refractivity contribution in [1.29, 1.82) is 0 Å². The van der Waals surface area contributed by atoms with Gasteiger partial charge in [0.1, 0.15) is 12.2 Å². The molecule has 1 saturated heterocycles. The van der Waals surface area contributed by atoms with Crippen molar-refractivity contribution >= 4 is 46.6 Å². The van der Waals surface area contributed by atoms with Crippen LogP contribution >= 0.6 is 23.2 Å². The Morgan fingerprint density at radius 3 is 2.34 bits per heavy atom. The van der Waals surface area contributed by atoms with Crippen molar-refractivity contribution in [2.24, 2.45) is 11.0 Å². The summed E-state index contributed by atoms with van der Waals surface area (Å²) in [6, 6.07) is 22.3. The molecule has 7 heteroatoms. The predicted octanol–water partition coefficient (Wildman–Crippen LogP) is 9.48. The Bertz CT molecular complexity index is 1490. The Kier molecular flexibility index (Phi) is 9.44. The second-order valence-corrected chi connectivity index (χ2v) is 13.7. The number of benzene rings is 3. The van der Waals surface area contributed by atoms with Gasteiger partial charge < -0.3 is 9.80 Å². The van der Waals surface area contributed by atoms with E-state index in [1.807, 2.05) is 23.5 Å². The van der Waals surface area contributed by atoms with E-state index in [2.05, 4.69) is 95.7 Å². The first-order valence-corrected chi connectivity index (χ1v) is 17.0. The molecule has 0 amide bonds. The van der Waals surface area contributed by atoms with E-state index in [0.29, 0.717) is 17.0 Å². The van der Waals surface area contributed by atoms with Crippen LogP contribution in [-0.2, 0) is 6.42 Å². The highest BCUT2D eigenvalue weighted by atomic mass is 35.5. The van der Waals surface area contributed by atoms with Gasteiger partial charge in [-0.25, -0.2) is 5.01 Å². The van der Waals surface area contributed by atoms with Gasteiger partial charge in [-0.15, -0.1) is 0 Å². The average molecular weight is 631 g/mol. The molecule has 3 aromatic rings. The molecule has 3 aromatic carbocycles. The summed E-state index contributed by atoms with van der Waals surface area (Å²) in [5, 5.41) is 8.11. The number of hydrazone groups is 1. The summed E-state index contributed by atoms with van der Waals surface area (Å²) in [4.78, 5) is 7.12. The second-order valence-electron chi connectivity index (χ2n) is 12.8. The lowest BCUT2D eigenvalue weighted by Gasteiger charge is -2.38.